The molecule has 0 atom stereocenters. The van der Waals surface area contributed by atoms with Crippen LogP contribution in [0.4, 0.5) is 26.3 Å². The van der Waals surface area contributed by atoms with Crippen LogP contribution in [0.25, 0.3) is 0 Å². The van der Waals surface area contributed by atoms with Crippen LogP contribution in [0, 0.1) is 0 Å². The Morgan fingerprint density at radius 2 is 1.64 bits per heavy atom. The summed E-state index contributed by atoms with van der Waals surface area (Å²) in [4.78, 5) is 9.98. The van der Waals surface area contributed by atoms with Crippen molar-refractivity contribution in [3.63, 3.8) is 0 Å². The first kappa shape index (κ1) is 22.1. The summed E-state index contributed by atoms with van der Waals surface area (Å²) >= 11 is 0.750. The summed E-state index contributed by atoms with van der Waals surface area (Å²) in [5, 5.41) is 9.17. The molecule has 0 aliphatic heterocycles. The van der Waals surface area contributed by atoms with E-state index in [1.807, 2.05) is 0 Å². The van der Waals surface area contributed by atoms with Gasteiger partial charge in [-0.2, -0.15) is 26.3 Å². The summed E-state index contributed by atoms with van der Waals surface area (Å²) in [6.07, 6.45) is -4.57. The Morgan fingerprint density at radius 3 is 2.18 bits per heavy atom. The van der Waals surface area contributed by atoms with Crippen molar-refractivity contribution in [2.75, 3.05) is 0 Å². The summed E-state index contributed by atoms with van der Waals surface area (Å²) in [6, 6.07) is 6.09. The van der Waals surface area contributed by atoms with Crippen molar-refractivity contribution in [2.24, 2.45) is 0 Å². The van der Waals surface area contributed by atoms with Gasteiger partial charge in [-0.3, -0.25) is 0 Å². The summed E-state index contributed by atoms with van der Waals surface area (Å²) in [7, 11) is -5.74. The van der Waals surface area contributed by atoms with Gasteiger partial charge in [-0.05, 0) is 29.8 Å². The Balaban J connectivity index is 2.34. The molecular formula is C16H10F6O4S2. The molecule has 2 aromatic rings. The van der Waals surface area contributed by atoms with Gasteiger partial charge in [0, 0.05) is 10.6 Å². The quantitative estimate of drug-likeness (QED) is 0.520. The molecule has 0 aliphatic rings. The summed E-state index contributed by atoms with van der Waals surface area (Å²) in [6.45, 7) is 0. The van der Waals surface area contributed by atoms with E-state index in [9.17, 15) is 39.6 Å². The molecule has 0 aliphatic carbocycles. The zero-order valence-corrected chi connectivity index (χ0v) is 15.1. The Labute approximate surface area is 159 Å². The molecule has 4 nitrogen and oxygen atoms in total. The molecule has 0 heterocycles. The highest BCUT2D eigenvalue weighted by molar-refractivity contribution is 7.98. The van der Waals surface area contributed by atoms with Crippen molar-refractivity contribution in [1.82, 2.24) is 0 Å². The summed E-state index contributed by atoms with van der Waals surface area (Å²) in [5.74, 6) is -1.79. The maximum Gasteiger partial charge on any atom is 0.501 e. The number of rotatable bonds is 5. The molecule has 0 saturated carbocycles. The van der Waals surface area contributed by atoms with Crippen LogP contribution in [0.3, 0.4) is 0 Å². The predicted molar refractivity (Wildman–Crippen MR) is 87.6 cm³/mol. The number of aromatic carboxylic acids is 1. The van der Waals surface area contributed by atoms with Crippen LogP contribution < -0.4 is 0 Å². The van der Waals surface area contributed by atoms with Crippen LogP contribution in [-0.4, -0.2) is 25.0 Å². The molecular weight excluding hydrogens is 434 g/mol. The Morgan fingerprint density at radius 1 is 1.00 bits per heavy atom. The first-order valence-electron chi connectivity index (χ1n) is 7.21. The van der Waals surface area contributed by atoms with Crippen LogP contribution in [-0.2, 0) is 21.8 Å². The maximum absolute atomic E-state index is 12.7. The van der Waals surface area contributed by atoms with Gasteiger partial charge in [-0.1, -0.05) is 18.2 Å². The topological polar surface area (TPSA) is 71.4 Å². The largest absolute Gasteiger partial charge is 0.501 e. The zero-order chi connectivity index (χ0) is 21.3. The normalized spacial score (nSPS) is 12.8. The van der Waals surface area contributed by atoms with Gasteiger partial charge in [-0.25, -0.2) is 13.2 Å². The number of carbonyl (C=O) groups is 1. The lowest BCUT2D eigenvalue weighted by Crippen LogP contribution is -2.23. The van der Waals surface area contributed by atoms with E-state index < -0.39 is 43.5 Å². The number of carboxylic acid groups (broad SMARTS) is 1. The van der Waals surface area contributed by atoms with Gasteiger partial charge in [0.1, 0.15) is 0 Å². The van der Waals surface area contributed by atoms with Gasteiger partial charge < -0.3 is 5.11 Å². The summed E-state index contributed by atoms with van der Waals surface area (Å²) < 4.78 is 98.9. The van der Waals surface area contributed by atoms with Crippen LogP contribution in [0.2, 0.25) is 0 Å². The minimum Gasteiger partial charge on any atom is -0.478 e. The number of benzene rings is 2. The lowest BCUT2D eigenvalue weighted by atomic mass is 10.1. The van der Waals surface area contributed by atoms with Crippen molar-refractivity contribution in [2.45, 2.75) is 27.2 Å². The van der Waals surface area contributed by atoms with Crippen molar-refractivity contribution >= 4 is 27.6 Å². The smallest absolute Gasteiger partial charge is 0.478 e. The minimum absolute atomic E-state index is 0.0916. The van der Waals surface area contributed by atoms with Gasteiger partial charge in [0.15, 0.2) is 0 Å². The monoisotopic (exact) mass is 444 g/mol. The van der Waals surface area contributed by atoms with Crippen molar-refractivity contribution in [1.29, 1.82) is 0 Å². The molecule has 12 heteroatoms. The molecule has 0 amide bonds. The van der Waals surface area contributed by atoms with E-state index in [-0.39, 0.29) is 16.2 Å². The van der Waals surface area contributed by atoms with Gasteiger partial charge in [0.2, 0.25) is 0 Å². The first-order chi connectivity index (χ1) is 12.7. The molecule has 1 N–H and O–H groups in total. The lowest BCUT2D eigenvalue weighted by molar-refractivity contribution is -0.137. The van der Waals surface area contributed by atoms with Crippen LogP contribution in [0.5, 0.6) is 0 Å². The van der Waals surface area contributed by atoms with E-state index in [1.54, 1.807) is 0 Å². The third-order valence-electron chi connectivity index (χ3n) is 3.45. The molecule has 0 fully saturated rings. The molecule has 0 aromatic heterocycles. The number of hydrogen-bond donors (Lipinski definition) is 1. The third-order valence-corrected chi connectivity index (χ3v) is 6.07. The number of alkyl halides is 6. The Bertz CT molecular complexity index is 997. The van der Waals surface area contributed by atoms with Crippen LogP contribution in [0.1, 0.15) is 21.5 Å². The highest BCUT2D eigenvalue weighted by atomic mass is 32.2. The molecule has 0 bridgehead atoms. The highest BCUT2D eigenvalue weighted by Gasteiger charge is 2.47. The number of sulfone groups is 1. The van der Waals surface area contributed by atoms with E-state index in [0.717, 1.165) is 36.0 Å². The van der Waals surface area contributed by atoms with E-state index in [4.69, 9.17) is 5.11 Å². The van der Waals surface area contributed by atoms with Crippen LogP contribution >= 0.6 is 11.8 Å². The van der Waals surface area contributed by atoms with Crippen LogP contribution in [0.15, 0.2) is 52.3 Å². The second-order valence-corrected chi connectivity index (χ2v) is 8.36. The number of thioether (sulfide) groups is 1. The second-order valence-electron chi connectivity index (χ2n) is 5.40. The van der Waals surface area contributed by atoms with Crippen molar-refractivity contribution in [3.05, 3.63) is 59.2 Å². The Kier molecular flexibility index (Phi) is 6.04. The average molecular weight is 444 g/mol. The standard InChI is InChI=1S/C16H10F6O4S2/c17-15(18,19)10-3-1-2-9(6-10)8-27-13-5-4-11(7-12(13)14(23)24)28(25,26)16(20,21)22/h1-7H,8H2,(H,23,24). The minimum atomic E-state index is -5.74. The van der Waals surface area contributed by atoms with Gasteiger partial charge in [-0.15, -0.1) is 11.8 Å². The average Bonchev–Trinajstić information content (AvgIpc) is 2.58. The molecule has 2 aromatic carbocycles. The fourth-order valence-corrected chi connectivity index (χ4v) is 3.86. The molecule has 0 spiro atoms. The number of carboxylic acids is 1. The molecule has 28 heavy (non-hydrogen) atoms. The van der Waals surface area contributed by atoms with Gasteiger partial charge >= 0.3 is 17.7 Å². The SMILES string of the molecule is O=C(O)c1cc(S(=O)(=O)C(F)(F)F)ccc1SCc1cccc(C(F)(F)F)c1. The second kappa shape index (κ2) is 7.66. The van der Waals surface area contributed by atoms with E-state index in [0.29, 0.717) is 12.1 Å². The third kappa shape index (κ3) is 4.79. The molecule has 0 unspecified atom stereocenters. The maximum atomic E-state index is 12.7. The van der Waals surface area contributed by atoms with E-state index >= 15 is 0 Å². The predicted octanol–water partition coefficient (Wildman–Crippen LogP) is 4.99. The zero-order valence-electron chi connectivity index (χ0n) is 13.5. The fraction of sp³-hybridized carbons (Fsp3) is 0.188. The van der Waals surface area contributed by atoms with Crippen molar-refractivity contribution < 1.29 is 44.7 Å². The highest BCUT2D eigenvalue weighted by Crippen LogP contribution is 2.35. The van der Waals surface area contributed by atoms with Gasteiger partial charge in [0.25, 0.3) is 9.84 Å². The van der Waals surface area contributed by atoms with E-state index in [2.05, 4.69) is 0 Å². The van der Waals surface area contributed by atoms with E-state index in [1.165, 1.54) is 6.07 Å². The summed E-state index contributed by atoms with van der Waals surface area (Å²) in [5.41, 5.74) is -7.02. The Hall–Kier alpha value is -2.21. The molecule has 0 radical (unpaired) electrons. The molecule has 152 valence electrons. The number of hydrogen-bond acceptors (Lipinski definition) is 4. The first-order valence-corrected chi connectivity index (χ1v) is 9.68. The lowest BCUT2D eigenvalue weighted by Gasteiger charge is -2.12. The van der Waals surface area contributed by atoms with Crippen molar-refractivity contribution in [3.8, 4) is 0 Å². The molecule has 2 rings (SSSR count). The fourth-order valence-electron chi connectivity index (χ4n) is 2.10. The number of halogens is 6. The molecule has 0 saturated heterocycles. The van der Waals surface area contributed by atoms with Gasteiger partial charge in [0.05, 0.1) is 16.0 Å².